The minimum absolute atomic E-state index is 0.104. The predicted octanol–water partition coefficient (Wildman–Crippen LogP) is 22.8. The zero-order valence-corrected chi connectivity index (χ0v) is 65.5. The molecule has 0 aliphatic rings. The second-order valence-corrected chi connectivity index (χ2v) is 32.4. The Hall–Kier alpha value is -1.94. The number of carbonyl (C=O) groups is 4. The molecule has 0 aliphatic heterocycles. The number of aliphatic hydroxyl groups excluding tert-OH is 1. The summed E-state index contributed by atoms with van der Waals surface area (Å²) in [7, 11) is -9.91. The number of hydrogen-bond acceptors (Lipinski definition) is 15. The van der Waals surface area contributed by atoms with Crippen LogP contribution in [0.3, 0.4) is 0 Å². The van der Waals surface area contributed by atoms with Crippen molar-refractivity contribution < 1.29 is 80.2 Å². The molecule has 7 atom stereocenters. The zero-order valence-electron chi connectivity index (χ0n) is 63.7. The van der Waals surface area contributed by atoms with Gasteiger partial charge in [-0.05, 0) is 49.4 Å². The fourth-order valence-electron chi connectivity index (χ4n) is 11.8. The number of phosphoric acid groups is 2. The van der Waals surface area contributed by atoms with Gasteiger partial charge in [0.2, 0.25) is 0 Å². The average Bonchev–Trinajstić information content (AvgIpc) is 0.988. The van der Waals surface area contributed by atoms with E-state index in [9.17, 15) is 43.2 Å². The molecule has 97 heavy (non-hydrogen) atoms. The van der Waals surface area contributed by atoms with Gasteiger partial charge in [0.1, 0.15) is 19.3 Å². The lowest BCUT2D eigenvalue weighted by Gasteiger charge is -2.21. The van der Waals surface area contributed by atoms with E-state index in [1.807, 2.05) is 0 Å². The summed E-state index contributed by atoms with van der Waals surface area (Å²) in [5.41, 5.74) is 0. The van der Waals surface area contributed by atoms with Crippen molar-refractivity contribution in [1.82, 2.24) is 0 Å². The summed E-state index contributed by atoms with van der Waals surface area (Å²) in [5, 5.41) is 10.6. The second kappa shape index (κ2) is 67.2. The number of ether oxygens (including phenoxy) is 4. The van der Waals surface area contributed by atoms with Crippen molar-refractivity contribution in [3.05, 3.63) is 0 Å². The van der Waals surface area contributed by atoms with Gasteiger partial charge in [-0.2, -0.15) is 0 Å². The van der Waals surface area contributed by atoms with E-state index in [0.717, 1.165) is 114 Å². The van der Waals surface area contributed by atoms with E-state index >= 15 is 0 Å². The summed E-state index contributed by atoms with van der Waals surface area (Å²) in [4.78, 5) is 72.8. The van der Waals surface area contributed by atoms with Gasteiger partial charge in [0.25, 0.3) is 0 Å². The molecule has 0 aromatic rings. The van der Waals surface area contributed by atoms with Gasteiger partial charge in [-0.1, -0.05) is 344 Å². The molecule has 576 valence electrons. The number of phosphoric ester groups is 2. The SMILES string of the molecule is CCC(C)CCCCCCCCCCCCCCCCCCCCC(=O)OC[C@H](COP(=O)(O)OCC(O)COP(=O)(O)OC[C@@H](COC(=O)CCCCCCCCCC(C)C)OC(=O)CCCCCCCCCCC(C)CC)OC(=O)CCCCCCCCCCCCC(C)C. The quantitative estimate of drug-likeness (QED) is 0.0222. The maximum absolute atomic E-state index is 13.1. The van der Waals surface area contributed by atoms with Gasteiger partial charge in [0.05, 0.1) is 26.4 Å². The molecule has 19 heteroatoms. The molecule has 0 spiro atoms. The van der Waals surface area contributed by atoms with E-state index in [-0.39, 0.29) is 25.7 Å². The van der Waals surface area contributed by atoms with Gasteiger partial charge in [0, 0.05) is 25.7 Å². The second-order valence-electron chi connectivity index (χ2n) is 29.5. The van der Waals surface area contributed by atoms with Crippen LogP contribution in [0.5, 0.6) is 0 Å². The molecule has 5 unspecified atom stereocenters. The van der Waals surface area contributed by atoms with Crippen LogP contribution < -0.4 is 0 Å². The minimum Gasteiger partial charge on any atom is -0.462 e. The van der Waals surface area contributed by atoms with Crippen LogP contribution >= 0.6 is 15.6 Å². The lowest BCUT2D eigenvalue weighted by Crippen LogP contribution is -2.30. The third-order valence-electron chi connectivity index (χ3n) is 18.8. The van der Waals surface area contributed by atoms with Crippen LogP contribution in [0.4, 0.5) is 0 Å². The average molecular weight is 1420 g/mol. The molecular weight excluding hydrogens is 1270 g/mol. The standard InChI is InChI=1S/C78H152O17P2/c1-9-70(7)56-48-40-32-24-19-17-15-13-11-12-14-16-18-20-25-34-42-50-58-75(80)88-64-73(94-77(82)60-52-44-35-26-22-21-23-30-38-46-54-68(3)4)66-92-96(84,85)90-62-72(79)63-91-97(86,87)93-67-74(65-89-76(81)59-51-43-37-29-31-39-47-55-69(5)6)95-78(83)61-53-45-36-28-27-33-41-49-57-71(8)10-2/h68-74,79H,9-67H2,1-8H3,(H,84,85)(H,86,87)/t70?,71?,72?,73-,74-/m1/s1. The molecule has 0 saturated carbocycles. The van der Waals surface area contributed by atoms with Crippen LogP contribution in [0.2, 0.25) is 0 Å². The fraction of sp³-hybridized carbons (Fsp3) is 0.949. The number of unbranched alkanes of at least 4 members (excludes halogenated alkanes) is 39. The van der Waals surface area contributed by atoms with Crippen molar-refractivity contribution in [3.63, 3.8) is 0 Å². The molecular formula is C78H152O17P2. The molecule has 0 saturated heterocycles. The van der Waals surface area contributed by atoms with E-state index in [1.54, 1.807) is 0 Å². The van der Waals surface area contributed by atoms with Gasteiger partial charge in [-0.25, -0.2) is 9.13 Å². The monoisotopic (exact) mass is 1420 g/mol. The first-order valence-electron chi connectivity index (χ1n) is 40.3. The van der Waals surface area contributed by atoms with E-state index in [4.69, 9.17) is 37.0 Å². The maximum Gasteiger partial charge on any atom is 0.472 e. The zero-order chi connectivity index (χ0) is 71.7. The number of carbonyl (C=O) groups excluding carboxylic acids is 4. The van der Waals surface area contributed by atoms with Gasteiger partial charge in [0.15, 0.2) is 12.2 Å². The minimum atomic E-state index is -4.96. The van der Waals surface area contributed by atoms with Crippen LogP contribution in [0.25, 0.3) is 0 Å². The van der Waals surface area contributed by atoms with Crippen molar-refractivity contribution >= 4 is 39.5 Å². The predicted molar refractivity (Wildman–Crippen MR) is 395 cm³/mol. The number of aliphatic hydroxyl groups is 1. The van der Waals surface area contributed by atoms with Crippen molar-refractivity contribution in [2.24, 2.45) is 23.7 Å². The van der Waals surface area contributed by atoms with E-state index < -0.39 is 97.5 Å². The van der Waals surface area contributed by atoms with E-state index in [1.165, 1.54) is 193 Å². The summed E-state index contributed by atoms with van der Waals surface area (Å²) in [6, 6.07) is 0. The molecule has 0 bridgehead atoms. The lowest BCUT2D eigenvalue weighted by atomic mass is 9.99. The van der Waals surface area contributed by atoms with Gasteiger partial charge in [-0.15, -0.1) is 0 Å². The van der Waals surface area contributed by atoms with Crippen LogP contribution in [0.15, 0.2) is 0 Å². The smallest absolute Gasteiger partial charge is 0.462 e. The van der Waals surface area contributed by atoms with Gasteiger partial charge < -0.3 is 33.8 Å². The highest BCUT2D eigenvalue weighted by Gasteiger charge is 2.30. The van der Waals surface area contributed by atoms with E-state index in [0.29, 0.717) is 31.6 Å². The third kappa shape index (κ3) is 69.5. The highest BCUT2D eigenvalue weighted by molar-refractivity contribution is 7.47. The molecule has 0 aliphatic carbocycles. The van der Waals surface area contributed by atoms with Crippen molar-refractivity contribution in [2.75, 3.05) is 39.6 Å². The first kappa shape index (κ1) is 95.1. The Labute approximate surface area is 594 Å². The Morgan fingerprint density at radius 3 is 0.732 bits per heavy atom. The van der Waals surface area contributed by atoms with Crippen molar-refractivity contribution in [2.45, 2.75) is 414 Å². The first-order chi connectivity index (χ1) is 46.7. The normalized spacial score (nSPS) is 14.6. The molecule has 0 rings (SSSR count). The fourth-order valence-corrected chi connectivity index (χ4v) is 13.4. The Bertz CT molecular complexity index is 1910. The number of rotatable bonds is 75. The number of esters is 4. The van der Waals surface area contributed by atoms with Gasteiger partial charge in [-0.3, -0.25) is 37.3 Å². The molecule has 0 fully saturated rings. The Morgan fingerprint density at radius 1 is 0.289 bits per heavy atom. The Kier molecular flexibility index (Phi) is 65.9. The van der Waals surface area contributed by atoms with Crippen LogP contribution in [0.1, 0.15) is 396 Å². The van der Waals surface area contributed by atoms with E-state index in [2.05, 4.69) is 55.4 Å². The molecule has 3 N–H and O–H groups in total. The molecule has 0 aromatic carbocycles. The van der Waals surface area contributed by atoms with Crippen molar-refractivity contribution in [1.29, 1.82) is 0 Å². The summed E-state index contributed by atoms with van der Waals surface area (Å²) >= 11 is 0. The maximum atomic E-state index is 13.1. The van der Waals surface area contributed by atoms with Crippen LogP contribution in [-0.2, 0) is 65.4 Å². The Morgan fingerprint density at radius 2 is 0.495 bits per heavy atom. The highest BCUT2D eigenvalue weighted by atomic mass is 31.2. The summed E-state index contributed by atoms with van der Waals surface area (Å²) in [6.07, 6.45) is 52.9. The topological polar surface area (TPSA) is 237 Å². The highest BCUT2D eigenvalue weighted by Crippen LogP contribution is 2.45. The molecule has 0 radical (unpaired) electrons. The van der Waals surface area contributed by atoms with Gasteiger partial charge >= 0.3 is 39.5 Å². The largest absolute Gasteiger partial charge is 0.472 e. The summed E-state index contributed by atoms with van der Waals surface area (Å²) < 4.78 is 68.5. The molecule has 0 heterocycles. The van der Waals surface area contributed by atoms with Crippen LogP contribution in [-0.4, -0.2) is 96.7 Å². The molecule has 0 aromatic heterocycles. The molecule has 17 nitrogen and oxygen atoms in total. The van der Waals surface area contributed by atoms with Crippen LogP contribution in [0, 0.1) is 23.7 Å². The molecule has 0 amide bonds. The summed E-state index contributed by atoms with van der Waals surface area (Å²) in [6.45, 7) is 14.2. The number of hydrogen-bond donors (Lipinski definition) is 3. The Balaban J connectivity index is 5.18. The first-order valence-corrected chi connectivity index (χ1v) is 43.3. The van der Waals surface area contributed by atoms with Crippen molar-refractivity contribution in [3.8, 4) is 0 Å². The third-order valence-corrected chi connectivity index (χ3v) is 20.7. The summed E-state index contributed by atoms with van der Waals surface area (Å²) in [5.74, 6) is 0.978. The lowest BCUT2D eigenvalue weighted by molar-refractivity contribution is -0.161.